The van der Waals surface area contributed by atoms with Gasteiger partial charge in [0, 0.05) is 44.1 Å². The topological polar surface area (TPSA) is 65.8 Å². The van der Waals surface area contributed by atoms with E-state index in [1.165, 1.54) is 0 Å². The third kappa shape index (κ3) is 2.73. The number of fused-ring (bicyclic) bond motifs is 1. The standard InChI is InChI=1S/C18H19N7/c1-12-9-13(2)25-10-14(21-18(25)20-12)5-6-17-22-15(11-23(17)3)16-7-8-19-24(16)4/h5-11H,1-4H3. The molecule has 0 fully saturated rings. The van der Waals surface area contributed by atoms with Gasteiger partial charge in [-0.25, -0.2) is 15.0 Å². The second-order valence-electron chi connectivity index (χ2n) is 6.14. The van der Waals surface area contributed by atoms with Crippen LogP contribution in [0.25, 0.3) is 29.3 Å². The highest BCUT2D eigenvalue weighted by molar-refractivity contribution is 5.67. The quantitative estimate of drug-likeness (QED) is 0.578. The maximum atomic E-state index is 4.68. The second kappa shape index (κ2) is 5.70. The average Bonchev–Trinajstić information content (AvgIpc) is 3.24. The zero-order chi connectivity index (χ0) is 17.6. The number of nitrogens with zero attached hydrogens (tertiary/aromatic N) is 7. The lowest BCUT2D eigenvalue weighted by Gasteiger charge is -1.98. The summed E-state index contributed by atoms with van der Waals surface area (Å²) in [6.07, 6.45) is 9.67. The molecule has 0 saturated heterocycles. The van der Waals surface area contributed by atoms with Gasteiger partial charge in [-0.3, -0.25) is 9.08 Å². The normalized spacial score (nSPS) is 11.8. The summed E-state index contributed by atoms with van der Waals surface area (Å²) in [7, 11) is 3.89. The molecule has 0 bridgehead atoms. The van der Waals surface area contributed by atoms with Crippen LogP contribution in [0.3, 0.4) is 0 Å². The van der Waals surface area contributed by atoms with Crippen molar-refractivity contribution in [2.75, 3.05) is 0 Å². The number of hydrogen-bond acceptors (Lipinski definition) is 4. The molecule has 0 unspecified atom stereocenters. The SMILES string of the molecule is Cc1cc(C)n2cc(C=Cc3nc(-c4ccnn4C)cn3C)nc2n1. The summed E-state index contributed by atoms with van der Waals surface area (Å²) in [6, 6.07) is 4.00. The molecular formula is C18H19N7. The third-order valence-electron chi connectivity index (χ3n) is 4.18. The summed E-state index contributed by atoms with van der Waals surface area (Å²) in [6.45, 7) is 4.03. The Hall–Kier alpha value is -3.22. The van der Waals surface area contributed by atoms with E-state index in [-0.39, 0.29) is 0 Å². The predicted octanol–water partition coefficient (Wildman–Crippen LogP) is 2.65. The van der Waals surface area contributed by atoms with E-state index in [0.717, 1.165) is 34.3 Å². The maximum absolute atomic E-state index is 4.68. The molecule has 0 aliphatic carbocycles. The Kier molecular flexibility index (Phi) is 3.49. The molecule has 25 heavy (non-hydrogen) atoms. The van der Waals surface area contributed by atoms with E-state index in [4.69, 9.17) is 0 Å². The first-order valence-electron chi connectivity index (χ1n) is 8.04. The summed E-state index contributed by atoms with van der Waals surface area (Å²) in [4.78, 5) is 13.7. The largest absolute Gasteiger partial charge is 0.334 e. The molecule has 0 spiro atoms. The number of aromatic nitrogens is 7. The lowest BCUT2D eigenvalue weighted by Crippen LogP contribution is -1.94. The summed E-state index contributed by atoms with van der Waals surface area (Å²) >= 11 is 0. The number of hydrogen-bond donors (Lipinski definition) is 0. The van der Waals surface area contributed by atoms with E-state index in [1.807, 2.05) is 71.3 Å². The van der Waals surface area contributed by atoms with Crippen LogP contribution in [0.4, 0.5) is 0 Å². The third-order valence-corrected chi connectivity index (χ3v) is 4.18. The average molecular weight is 333 g/mol. The Bertz CT molecular complexity index is 1090. The fourth-order valence-electron chi connectivity index (χ4n) is 2.91. The number of aryl methyl sites for hydroxylation is 4. The van der Waals surface area contributed by atoms with Crippen molar-refractivity contribution in [2.45, 2.75) is 13.8 Å². The monoisotopic (exact) mass is 333 g/mol. The van der Waals surface area contributed by atoms with Crippen molar-refractivity contribution in [1.82, 2.24) is 33.7 Å². The van der Waals surface area contributed by atoms with Crippen LogP contribution in [-0.4, -0.2) is 33.7 Å². The molecule has 4 rings (SSSR count). The molecule has 4 aromatic heterocycles. The fourth-order valence-corrected chi connectivity index (χ4v) is 2.91. The van der Waals surface area contributed by atoms with E-state index >= 15 is 0 Å². The van der Waals surface area contributed by atoms with Crippen molar-refractivity contribution < 1.29 is 0 Å². The second-order valence-corrected chi connectivity index (χ2v) is 6.14. The molecule has 126 valence electrons. The van der Waals surface area contributed by atoms with Crippen molar-refractivity contribution in [1.29, 1.82) is 0 Å². The van der Waals surface area contributed by atoms with Gasteiger partial charge in [0.15, 0.2) is 0 Å². The molecule has 7 heteroatoms. The molecule has 7 nitrogen and oxygen atoms in total. The molecular weight excluding hydrogens is 314 g/mol. The minimum atomic E-state index is 0.715. The maximum Gasteiger partial charge on any atom is 0.234 e. The molecule has 0 aliphatic rings. The molecule has 0 aromatic carbocycles. The van der Waals surface area contributed by atoms with Crippen LogP contribution in [0.15, 0.2) is 30.7 Å². The zero-order valence-corrected chi connectivity index (χ0v) is 14.7. The molecule has 4 aromatic rings. The van der Waals surface area contributed by atoms with E-state index in [0.29, 0.717) is 5.78 Å². The highest BCUT2D eigenvalue weighted by atomic mass is 15.3. The van der Waals surface area contributed by atoms with Crippen molar-refractivity contribution in [3.8, 4) is 11.4 Å². The van der Waals surface area contributed by atoms with Crippen LogP contribution in [-0.2, 0) is 14.1 Å². The molecule has 0 atom stereocenters. The van der Waals surface area contributed by atoms with Crippen LogP contribution < -0.4 is 0 Å². The Balaban J connectivity index is 1.67. The van der Waals surface area contributed by atoms with Crippen molar-refractivity contribution >= 4 is 17.9 Å². The first kappa shape index (κ1) is 15.3. The van der Waals surface area contributed by atoms with E-state index in [1.54, 1.807) is 6.20 Å². The van der Waals surface area contributed by atoms with Gasteiger partial charge in [0.2, 0.25) is 5.78 Å². The Labute approximate surface area is 145 Å². The first-order valence-corrected chi connectivity index (χ1v) is 8.04. The highest BCUT2D eigenvalue weighted by Crippen LogP contribution is 2.18. The minimum Gasteiger partial charge on any atom is -0.334 e. The molecule has 0 N–H and O–H groups in total. The smallest absolute Gasteiger partial charge is 0.234 e. The van der Waals surface area contributed by atoms with Crippen LogP contribution in [0.1, 0.15) is 22.9 Å². The Morgan fingerprint density at radius 3 is 2.60 bits per heavy atom. The van der Waals surface area contributed by atoms with Gasteiger partial charge < -0.3 is 4.57 Å². The molecule has 0 saturated carbocycles. The summed E-state index contributed by atoms with van der Waals surface area (Å²) in [5.74, 6) is 1.57. The van der Waals surface area contributed by atoms with Gasteiger partial charge in [0.05, 0.1) is 11.4 Å². The van der Waals surface area contributed by atoms with Gasteiger partial charge in [-0.2, -0.15) is 5.10 Å². The first-order chi connectivity index (χ1) is 12.0. The molecule has 0 radical (unpaired) electrons. The van der Waals surface area contributed by atoms with Crippen molar-refractivity contribution in [3.05, 3.63) is 53.6 Å². The highest BCUT2D eigenvalue weighted by Gasteiger charge is 2.09. The lowest BCUT2D eigenvalue weighted by molar-refractivity contribution is 0.774. The Morgan fingerprint density at radius 2 is 1.84 bits per heavy atom. The number of imidazole rings is 2. The van der Waals surface area contributed by atoms with Gasteiger partial charge in [-0.15, -0.1) is 0 Å². The summed E-state index contributed by atoms with van der Waals surface area (Å²) in [5.41, 5.74) is 4.82. The van der Waals surface area contributed by atoms with Crippen LogP contribution in [0.2, 0.25) is 0 Å². The van der Waals surface area contributed by atoms with Gasteiger partial charge in [0.25, 0.3) is 0 Å². The Morgan fingerprint density at radius 1 is 1.00 bits per heavy atom. The van der Waals surface area contributed by atoms with E-state index in [9.17, 15) is 0 Å². The summed E-state index contributed by atoms with van der Waals surface area (Å²) in [5, 5.41) is 4.19. The fraction of sp³-hybridized carbons (Fsp3) is 0.222. The zero-order valence-electron chi connectivity index (χ0n) is 14.7. The van der Waals surface area contributed by atoms with Crippen molar-refractivity contribution in [3.63, 3.8) is 0 Å². The molecule has 0 aliphatic heterocycles. The lowest BCUT2D eigenvalue weighted by atomic mass is 10.3. The van der Waals surface area contributed by atoms with Crippen LogP contribution >= 0.6 is 0 Å². The molecule has 0 amide bonds. The van der Waals surface area contributed by atoms with Gasteiger partial charge in [-0.1, -0.05) is 0 Å². The van der Waals surface area contributed by atoms with Crippen LogP contribution in [0.5, 0.6) is 0 Å². The predicted molar refractivity (Wildman–Crippen MR) is 96.8 cm³/mol. The van der Waals surface area contributed by atoms with Crippen molar-refractivity contribution in [2.24, 2.45) is 14.1 Å². The minimum absolute atomic E-state index is 0.715. The van der Waals surface area contributed by atoms with E-state index in [2.05, 4.69) is 27.0 Å². The van der Waals surface area contributed by atoms with E-state index < -0.39 is 0 Å². The van der Waals surface area contributed by atoms with Gasteiger partial charge >= 0.3 is 0 Å². The summed E-state index contributed by atoms with van der Waals surface area (Å²) < 4.78 is 5.79. The van der Waals surface area contributed by atoms with Crippen LogP contribution in [0, 0.1) is 13.8 Å². The van der Waals surface area contributed by atoms with Gasteiger partial charge in [0.1, 0.15) is 11.5 Å². The molecule has 4 heterocycles. The number of rotatable bonds is 3. The van der Waals surface area contributed by atoms with Gasteiger partial charge in [-0.05, 0) is 38.1 Å².